The lowest BCUT2D eigenvalue weighted by Gasteiger charge is -2.14. The zero-order valence-corrected chi connectivity index (χ0v) is 17.6. The van der Waals surface area contributed by atoms with E-state index in [1.807, 2.05) is 32.0 Å². The molecule has 1 N–H and O–H groups in total. The van der Waals surface area contributed by atoms with Gasteiger partial charge in [0.2, 0.25) is 12.7 Å². The van der Waals surface area contributed by atoms with Crippen LogP contribution in [-0.4, -0.2) is 33.0 Å². The van der Waals surface area contributed by atoms with Crippen LogP contribution in [-0.2, 0) is 17.9 Å². The van der Waals surface area contributed by atoms with Crippen molar-refractivity contribution >= 4 is 28.7 Å². The minimum Gasteiger partial charge on any atom is -0.454 e. The van der Waals surface area contributed by atoms with Crippen molar-refractivity contribution in [3.63, 3.8) is 0 Å². The Bertz CT molecular complexity index is 1150. The van der Waals surface area contributed by atoms with E-state index in [0.717, 1.165) is 5.56 Å². The van der Waals surface area contributed by atoms with Gasteiger partial charge in [-0.05, 0) is 35.7 Å². The Morgan fingerprint density at radius 1 is 1.27 bits per heavy atom. The molecule has 9 heteroatoms. The largest absolute Gasteiger partial charge is 0.454 e. The Kier molecular flexibility index (Phi) is 5.89. The van der Waals surface area contributed by atoms with Gasteiger partial charge in [-0.1, -0.05) is 31.7 Å². The Hall–Kier alpha value is -3.07. The van der Waals surface area contributed by atoms with Crippen LogP contribution < -0.4 is 20.3 Å². The lowest BCUT2D eigenvalue weighted by molar-refractivity contribution is -0.118. The molecule has 2 aromatic heterocycles. The van der Waals surface area contributed by atoms with Gasteiger partial charge in [0.05, 0.1) is 11.1 Å². The van der Waals surface area contributed by atoms with E-state index in [1.54, 1.807) is 22.9 Å². The van der Waals surface area contributed by atoms with E-state index in [2.05, 4.69) is 15.3 Å². The van der Waals surface area contributed by atoms with E-state index in [4.69, 9.17) is 9.47 Å². The molecule has 156 valence electrons. The number of ether oxygens (including phenoxy) is 2. The van der Waals surface area contributed by atoms with Crippen LogP contribution in [0, 0.1) is 5.92 Å². The van der Waals surface area contributed by atoms with Crippen LogP contribution in [0.25, 0.3) is 11.0 Å². The molecular weight excluding hydrogens is 404 g/mol. The monoisotopic (exact) mass is 426 g/mol. The number of carbonyl (C=O) groups excluding carboxylic acids is 1. The summed E-state index contributed by atoms with van der Waals surface area (Å²) in [6, 6.07) is 9.02. The minimum atomic E-state index is -0.149. The third-order valence-electron chi connectivity index (χ3n) is 4.50. The number of carbonyl (C=O) groups is 1. The number of nitrogens with one attached hydrogen (secondary N) is 1. The van der Waals surface area contributed by atoms with Gasteiger partial charge in [0, 0.05) is 19.3 Å². The number of aromatic nitrogens is 3. The second-order valence-electron chi connectivity index (χ2n) is 7.33. The molecule has 4 rings (SSSR count). The molecule has 1 amide bonds. The van der Waals surface area contributed by atoms with Crippen molar-refractivity contribution in [2.24, 2.45) is 5.92 Å². The molecule has 0 aliphatic carbocycles. The Morgan fingerprint density at radius 3 is 2.93 bits per heavy atom. The van der Waals surface area contributed by atoms with Crippen molar-refractivity contribution in [3.8, 4) is 11.5 Å². The number of fused-ring (bicyclic) bond motifs is 2. The van der Waals surface area contributed by atoms with Gasteiger partial charge in [0.25, 0.3) is 5.56 Å². The maximum absolute atomic E-state index is 12.9. The Balaban J connectivity index is 1.44. The number of pyridine rings is 1. The van der Waals surface area contributed by atoms with Crippen molar-refractivity contribution in [3.05, 3.63) is 52.4 Å². The zero-order valence-electron chi connectivity index (χ0n) is 16.8. The topological polar surface area (TPSA) is 95.3 Å². The summed E-state index contributed by atoms with van der Waals surface area (Å²) in [5, 5.41) is 3.87. The van der Waals surface area contributed by atoms with Crippen LogP contribution in [0.3, 0.4) is 0 Å². The van der Waals surface area contributed by atoms with E-state index in [9.17, 15) is 9.59 Å². The molecule has 0 bridgehead atoms. The van der Waals surface area contributed by atoms with Gasteiger partial charge in [-0.25, -0.2) is 9.97 Å². The molecule has 0 spiro atoms. The lowest BCUT2D eigenvalue weighted by atomic mass is 10.2. The van der Waals surface area contributed by atoms with E-state index < -0.39 is 0 Å². The molecule has 3 heterocycles. The molecule has 8 nitrogen and oxygen atoms in total. The number of hydrogen-bond acceptors (Lipinski definition) is 7. The summed E-state index contributed by atoms with van der Waals surface area (Å²) < 4.78 is 12.3. The molecule has 0 unspecified atom stereocenters. The van der Waals surface area contributed by atoms with E-state index >= 15 is 0 Å². The third kappa shape index (κ3) is 4.40. The highest BCUT2D eigenvalue weighted by atomic mass is 32.2. The van der Waals surface area contributed by atoms with Crippen molar-refractivity contribution < 1.29 is 14.3 Å². The highest BCUT2D eigenvalue weighted by Gasteiger charge is 2.16. The molecule has 0 saturated carbocycles. The molecule has 0 fully saturated rings. The second kappa shape index (κ2) is 8.74. The van der Waals surface area contributed by atoms with E-state index in [0.29, 0.717) is 40.8 Å². The highest BCUT2D eigenvalue weighted by molar-refractivity contribution is 7.99. The van der Waals surface area contributed by atoms with Gasteiger partial charge in [-0.15, -0.1) is 0 Å². The standard InChI is InChI=1S/C21H22N4O4S/c1-13(2)10-25-20(27)15-4-3-7-22-19(15)24-21(25)30-11-18(26)23-9-14-5-6-16-17(8-14)29-12-28-16/h3-8,13H,9-12H2,1-2H3,(H,23,26). The summed E-state index contributed by atoms with van der Waals surface area (Å²) in [5.74, 6) is 1.65. The lowest BCUT2D eigenvalue weighted by Crippen LogP contribution is -2.28. The van der Waals surface area contributed by atoms with Gasteiger partial charge in [-0.2, -0.15) is 0 Å². The van der Waals surface area contributed by atoms with Crippen LogP contribution in [0.4, 0.5) is 0 Å². The molecule has 3 aromatic rings. The number of amides is 1. The van der Waals surface area contributed by atoms with E-state index in [-0.39, 0.29) is 29.9 Å². The summed E-state index contributed by atoms with van der Waals surface area (Å²) in [7, 11) is 0. The molecule has 1 aliphatic rings. The number of nitrogens with zero attached hydrogens (tertiary/aromatic N) is 3. The quantitative estimate of drug-likeness (QED) is 0.458. The van der Waals surface area contributed by atoms with Crippen LogP contribution >= 0.6 is 11.8 Å². The summed E-state index contributed by atoms with van der Waals surface area (Å²) in [6.07, 6.45) is 1.61. The molecular formula is C21H22N4O4S. The average Bonchev–Trinajstić information content (AvgIpc) is 3.20. The van der Waals surface area contributed by atoms with Gasteiger partial charge < -0.3 is 14.8 Å². The van der Waals surface area contributed by atoms with Crippen molar-refractivity contribution in [1.82, 2.24) is 19.9 Å². The number of hydrogen-bond donors (Lipinski definition) is 1. The molecule has 1 aromatic carbocycles. The molecule has 0 radical (unpaired) electrons. The van der Waals surface area contributed by atoms with Gasteiger partial charge in [0.1, 0.15) is 0 Å². The first kappa shape index (κ1) is 20.2. The predicted molar refractivity (Wildman–Crippen MR) is 114 cm³/mol. The Labute approximate surface area is 177 Å². The first-order valence-electron chi connectivity index (χ1n) is 9.65. The molecule has 0 atom stereocenters. The number of rotatable bonds is 7. The smallest absolute Gasteiger partial charge is 0.263 e. The molecule has 30 heavy (non-hydrogen) atoms. The average molecular weight is 426 g/mol. The fourth-order valence-corrected chi connectivity index (χ4v) is 3.93. The van der Waals surface area contributed by atoms with Crippen LogP contribution in [0.5, 0.6) is 11.5 Å². The minimum absolute atomic E-state index is 0.134. The normalized spacial score (nSPS) is 12.5. The SMILES string of the molecule is CC(C)Cn1c(SCC(=O)NCc2ccc3c(c2)OCO3)nc2ncccc2c1=O. The molecule has 0 saturated heterocycles. The van der Waals surface area contributed by atoms with Gasteiger partial charge in [0.15, 0.2) is 22.3 Å². The van der Waals surface area contributed by atoms with Gasteiger partial charge in [-0.3, -0.25) is 14.2 Å². The van der Waals surface area contributed by atoms with Crippen LogP contribution in [0.2, 0.25) is 0 Å². The zero-order chi connectivity index (χ0) is 21.1. The van der Waals surface area contributed by atoms with Crippen molar-refractivity contribution in [2.45, 2.75) is 32.1 Å². The first-order chi connectivity index (χ1) is 14.5. The maximum atomic E-state index is 12.9. The summed E-state index contributed by atoms with van der Waals surface area (Å²) in [4.78, 5) is 34.0. The predicted octanol–water partition coefficient (Wildman–Crippen LogP) is 2.58. The summed E-state index contributed by atoms with van der Waals surface area (Å²) >= 11 is 1.24. The number of benzene rings is 1. The van der Waals surface area contributed by atoms with E-state index in [1.165, 1.54) is 11.8 Å². The maximum Gasteiger partial charge on any atom is 0.263 e. The van der Waals surface area contributed by atoms with Crippen molar-refractivity contribution in [1.29, 1.82) is 0 Å². The van der Waals surface area contributed by atoms with Crippen LogP contribution in [0.1, 0.15) is 19.4 Å². The van der Waals surface area contributed by atoms with Crippen molar-refractivity contribution in [2.75, 3.05) is 12.5 Å². The third-order valence-corrected chi connectivity index (χ3v) is 5.48. The fraction of sp³-hybridized carbons (Fsp3) is 0.333. The highest BCUT2D eigenvalue weighted by Crippen LogP contribution is 2.32. The van der Waals surface area contributed by atoms with Gasteiger partial charge >= 0.3 is 0 Å². The first-order valence-corrected chi connectivity index (χ1v) is 10.6. The number of thioether (sulfide) groups is 1. The second-order valence-corrected chi connectivity index (χ2v) is 8.27. The Morgan fingerprint density at radius 2 is 2.10 bits per heavy atom. The summed E-state index contributed by atoms with van der Waals surface area (Å²) in [5.41, 5.74) is 1.18. The summed E-state index contributed by atoms with van der Waals surface area (Å²) in [6.45, 7) is 5.19. The van der Waals surface area contributed by atoms with Crippen LogP contribution in [0.15, 0.2) is 46.5 Å². The molecule has 1 aliphatic heterocycles. The fourth-order valence-electron chi connectivity index (χ4n) is 3.11.